The summed E-state index contributed by atoms with van der Waals surface area (Å²) >= 11 is 15.3. The summed E-state index contributed by atoms with van der Waals surface area (Å²) in [5.41, 5.74) is 2.64. The third-order valence-electron chi connectivity index (χ3n) is 3.06. The van der Waals surface area contributed by atoms with Crippen molar-refractivity contribution in [2.45, 2.75) is 13.3 Å². The third kappa shape index (κ3) is 4.47. The molecule has 5 heteroatoms. The van der Waals surface area contributed by atoms with E-state index in [1.807, 2.05) is 31.2 Å². The summed E-state index contributed by atoms with van der Waals surface area (Å²) in [6, 6.07) is 11.1. The lowest BCUT2D eigenvalue weighted by Crippen LogP contribution is -2.26. The summed E-state index contributed by atoms with van der Waals surface area (Å²) in [4.78, 5) is 12.2. The predicted octanol–water partition coefficient (Wildman–Crippen LogP) is 5.04. The van der Waals surface area contributed by atoms with E-state index in [9.17, 15) is 4.79 Å². The molecule has 0 atom stereocenters. The number of carbonyl (C=O) groups excluding carboxylic acids is 1. The highest BCUT2D eigenvalue weighted by atomic mass is 79.9. The van der Waals surface area contributed by atoms with Crippen molar-refractivity contribution in [2.75, 3.05) is 6.54 Å². The highest BCUT2D eigenvalue weighted by molar-refractivity contribution is 9.10. The molecule has 0 heterocycles. The van der Waals surface area contributed by atoms with Gasteiger partial charge in [-0.05, 0) is 59.1 Å². The number of halogens is 3. The monoisotopic (exact) mass is 385 g/mol. The first-order chi connectivity index (χ1) is 9.97. The predicted molar refractivity (Wildman–Crippen MR) is 91.4 cm³/mol. The fraction of sp³-hybridized carbons (Fsp3) is 0.188. The van der Waals surface area contributed by atoms with Crippen LogP contribution < -0.4 is 5.32 Å². The van der Waals surface area contributed by atoms with Crippen LogP contribution in [0.15, 0.2) is 40.9 Å². The molecule has 0 unspecified atom stereocenters. The molecule has 2 nitrogen and oxygen atoms in total. The van der Waals surface area contributed by atoms with Gasteiger partial charge in [0.05, 0.1) is 5.56 Å². The van der Waals surface area contributed by atoms with Crippen LogP contribution in [0.3, 0.4) is 0 Å². The van der Waals surface area contributed by atoms with Crippen LogP contribution >= 0.6 is 39.1 Å². The number of hydrogen-bond donors (Lipinski definition) is 1. The van der Waals surface area contributed by atoms with E-state index in [-0.39, 0.29) is 5.91 Å². The lowest BCUT2D eigenvalue weighted by molar-refractivity contribution is 0.0953. The third-order valence-corrected chi connectivity index (χ3v) is 4.34. The molecule has 0 fully saturated rings. The molecule has 0 aromatic heterocycles. The van der Waals surface area contributed by atoms with Crippen LogP contribution in [0.4, 0.5) is 0 Å². The van der Waals surface area contributed by atoms with Gasteiger partial charge >= 0.3 is 0 Å². The summed E-state index contributed by atoms with van der Waals surface area (Å²) in [6.45, 7) is 2.47. The fourth-order valence-corrected chi connectivity index (χ4v) is 2.87. The Morgan fingerprint density at radius 2 is 1.95 bits per heavy atom. The second-order valence-electron chi connectivity index (χ2n) is 4.72. The van der Waals surface area contributed by atoms with E-state index in [2.05, 4.69) is 21.2 Å². The molecule has 0 aliphatic carbocycles. The maximum atomic E-state index is 12.2. The van der Waals surface area contributed by atoms with Gasteiger partial charge in [-0.2, -0.15) is 0 Å². The molecule has 0 aliphatic heterocycles. The van der Waals surface area contributed by atoms with E-state index in [1.165, 1.54) is 0 Å². The minimum atomic E-state index is -0.101. The molecule has 0 saturated carbocycles. The minimum absolute atomic E-state index is 0.101. The van der Waals surface area contributed by atoms with Gasteiger partial charge in [0.15, 0.2) is 0 Å². The van der Waals surface area contributed by atoms with Crippen molar-refractivity contribution in [1.29, 1.82) is 0 Å². The SMILES string of the molecule is Cc1ccc(Br)c(C(=O)NCCc2ccc(Cl)cc2Cl)c1. The molecule has 21 heavy (non-hydrogen) atoms. The van der Waals surface area contributed by atoms with E-state index in [1.54, 1.807) is 12.1 Å². The van der Waals surface area contributed by atoms with Crippen LogP contribution in [-0.4, -0.2) is 12.5 Å². The van der Waals surface area contributed by atoms with Gasteiger partial charge in [0.1, 0.15) is 0 Å². The number of rotatable bonds is 4. The van der Waals surface area contributed by atoms with Crippen LogP contribution in [0.1, 0.15) is 21.5 Å². The molecule has 0 aliphatic rings. The molecule has 110 valence electrons. The van der Waals surface area contributed by atoms with E-state index in [4.69, 9.17) is 23.2 Å². The van der Waals surface area contributed by atoms with E-state index in [0.29, 0.717) is 28.6 Å². The zero-order chi connectivity index (χ0) is 15.4. The Morgan fingerprint density at radius 3 is 2.67 bits per heavy atom. The van der Waals surface area contributed by atoms with Crippen LogP contribution in [0.25, 0.3) is 0 Å². The lowest BCUT2D eigenvalue weighted by Gasteiger charge is -2.09. The Labute approximate surface area is 142 Å². The quantitative estimate of drug-likeness (QED) is 0.783. The summed E-state index contributed by atoms with van der Waals surface area (Å²) < 4.78 is 0.787. The van der Waals surface area contributed by atoms with Gasteiger partial charge < -0.3 is 5.32 Å². The van der Waals surface area contributed by atoms with Crippen molar-refractivity contribution in [3.63, 3.8) is 0 Å². The van der Waals surface area contributed by atoms with Crippen molar-refractivity contribution in [3.05, 3.63) is 67.6 Å². The summed E-state index contributed by atoms with van der Waals surface area (Å²) in [5.74, 6) is -0.101. The van der Waals surface area contributed by atoms with E-state index >= 15 is 0 Å². The second-order valence-corrected chi connectivity index (χ2v) is 6.42. The van der Waals surface area contributed by atoms with Crippen molar-refractivity contribution in [2.24, 2.45) is 0 Å². The van der Waals surface area contributed by atoms with Gasteiger partial charge in [0.25, 0.3) is 5.91 Å². The first kappa shape index (κ1) is 16.3. The molecule has 0 spiro atoms. The van der Waals surface area contributed by atoms with Gasteiger partial charge in [-0.1, -0.05) is 40.9 Å². The number of amides is 1. The van der Waals surface area contributed by atoms with E-state index in [0.717, 1.165) is 15.6 Å². The molecule has 2 rings (SSSR count). The molecule has 0 bridgehead atoms. The van der Waals surface area contributed by atoms with Gasteiger partial charge in [-0.15, -0.1) is 0 Å². The molecule has 0 saturated heterocycles. The first-order valence-electron chi connectivity index (χ1n) is 6.45. The van der Waals surface area contributed by atoms with Gasteiger partial charge in [0, 0.05) is 21.1 Å². The fourth-order valence-electron chi connectivity index (χ4n) is 1.94. The normalized spacial score (nSPS) is 10.5. The number of aryl methyl sites for hydroxylation is 1. The number of carbonyl (C=O) groups is 1. The highest BCUT2D eigenvalue weighted by Crippen LogP contribution is 2.21. The number of hydrogen-bond acceptors (Lipinski definition) is 1. The van der Waals surface area contributed by atoms with Crippen LogP contribution in [0.2, 0.25) is 10.0 Å². The van der Waals surface area contributed by atoms with Crippen molar-refractivity contribution < 1.29 is 4.79 Å². The lowest BCUT2D eigenvalue weighted by atomic mass is 10.1. The molecule has 1 amide bonds. The maximum Gasteiger partial charge on any atom is 0.252 e. The molecule has 1 N–H and O–H groups in total. The molecule has 0 radical (unpaired) electrons. The van der Waals surface area contributed by atoms with Crippen molar-refractivity contribution >= 4 is 45.0 Å². The second kappa shape index (κ2) is 7.30. The standard InChI is InChI=1S/C16H14BrCl2NO/c1-10-2-5-14(17)13(8-10)16(21)20-7-6-11-3-4-12(18)9-15(11)19/h2-5,8-9H,6-7H2,1H3,(H,20,21). The van der Waals surface area contributed by atoms with Crippen molar-refractivity contribution in [1.82, 2.24) is 5.32 Å². The Hall–Kier alpha value is -1.03. The largest absolute Gasteiger partial charge is 0.352 e. The molecular weight excluding hydrogens is 373 g/mol. The topological polar surface area (TPSA) is 29.1 Å². The van der Waals surface area contributed by atoms with Gasteiger partial charge in [-0.25, -0.2) is 0 Å². The zero-order valence-corrected chi connectivity index (χ0v) is 14.5. The molecule has 2 aromatic carbocycles. The average Bonchev–Trinajstić information content (AvgIpc) is 2.43. The Bertz CT molecular complexity index is 673. The maximum absolute atomic E-state index is 12.2. The minimum Gasteiger partial charge on any atom is -0.352 e. The van der Waals surface area contributed by atoms with Crippen LogP contribution in [-0.2, 0) is 6.42 Å². The Balaban J connectivity index is 1.97. The van der Waals surface area contributed by atoms with Gasteiger partial charge in [0.2, 0.25) is 0 Å². The zero-order valence-electron chi connectivity index (χ0n) is 11.4. The summed E-state index contributed by atoms with van der Waals surface area (Å²) in [6.07, 6.45) is 0.658. The van der Waals surface area contributed by atoms with Gasteiger partial charge in [-0.3, -0.25) is 4.79 Å². The number of benzene rings is 2. The molecular formula is C16H14BrCl2NO. The Kier molecular flexibility index (Phi) is 5.68. The summed E-state index contributed by atoms with van der Waals surface area (Å²) in [7, 11) is 0. The number of nitrogens with one attached hydrogen (secondary N) is 1. The average molecular weight is 387 g/mol. The van der Waals surface area contributed by atoms with E-state index < -0.39 is 0 Å². The first-order valence-corrected chi connectivity index (χ1v) is 8.00. The van der Waals surface area contributed by atoms with Crippen molar-refractivity contribution in [3.8, 4) is 0 Å². The highest BCUT2D eigenvalue weighted by Gasteiger charge is 2.10. The van der Waals surface area contributed by atoms with Crippen LogP contribution in [0, 0.1) is 6.92 Å². The molecule has 2 aromatic rings. The van der Waals surface area contributed by atoms with Crippen LogP contribution in [0.5, 0.6) is 0 Å². The summed E-state index contributed by atoms with van der Waals surface area (Å²) in [5, 5.41) is 4.12. The smallest absolute Gasteiger partial charge is 0.252 e. The Morgan fingerprint density at radius 1 is 1.19 bits per heavy atom.